The number of rotatable bonds is 7. The van der Waals surface area contributed by atoms with Crippen LogP contribution in [0.15, 0.2) is 71.2 Å². The second kappa shape index (κ2) is 10.7. The third-order valence-electron chi connectivity index (χ3n) is 7.73. The van der Waals surface area contributed by atoms with Crippen molar-refractivity contribution in [2.24, 2.45) is 5.41 Å². The summed E-state index contributed by atoms with van der Waals surface area (Å²) in [4.78, 5) is 30.2. The second-order valence-corrected chi connectivity index (χ2v) is 10.3. The molecule has 40 heavy (non-hydrogen) atoms. The van der Waals surface area contributed by atoms with Gasteiger partial charge in [0.2, 0.25) is 0 Å². The van der Waals surface area contributed by atoms with Gasteiger partial charge in [0, 0.05) is 17.2 Å². The third kappa shape index (κ3) is 4.02. The molecule has 0 N–H and O–H groups in total. The number of fused-ring (bicyclic) bond motifs is 3. The van der Waals surface area contributed by atoms with E-state index in [1.54, 1.807) is 43.5 Å². The SMILES string of the molecule is COC(=O)[C@@]1(C#N)[C@@H](c2ccc(OC)c(OC)c2)[C@H](C(=O)c2ccc(OC)c(Br)c2)N2c3ccccc3C=C[C@@H]21. The maximum absolute atomic E-state index is 14.6. The smallest absolute Gasteiger partial charge is 0.329 e. The van der Waals surface area contributed by atoms with Crippen LogP contribution in [0, 0.1) is 16.7 Å². The quantitative estimate of drug-likeness (QED) is 0.261. The van der Waals surface area contributed by atoms with E-state index >= 15 is 0 Å². The van der Waals surface area contributed by atoms with Gasteiger partial charge in [-0.25, -0.2) is 0 Å². The molecule has 5 rings (SSSR count). The fraction of sp³-hybridized carbons (Fsp3) is 0.258. The molecular formula is C31H27BrN2O6. The molecule has 3 aromatic carbocycles. The van der Waals surface area contributed by atoms with E-state index in [0.717, 1.165) is 11.3 Å². The molecule has 0 bridgehead atoms. The van der Waals surface area contributed by atoms with Crippen molar-refractivity contribution in [1.82, 2.24) is 0 Å². The Morgan fingerprint density at radius 3 is 2.27 bits per heavy atom. The lowest BCUT2D eigenvalue weighted by atomic mass is 9.68. The molecule has 2 heterocycles. The zero-order chi connectivity index (χ0) is 28.6. The van der Waals surface area contributed by atoms with Crippen molar-refractivity contribution >= 4 is 39.4 Å². The van der Waals surface area contributed by atoms with Crippen LogP contribution in [0.1, 0.15) is 27.4 Å². The summed E-state index contributed by atoms with van der Waals surface area (Å²) in [5, 5.41) is 10.8. The molecule has 3 aromatic rings. The van der Waals surface area contributed by atoms with Gasteiger partial charge in [0.15, 0.2) is 22.7 Å². The lowest BCUT2D eigenvalue weighted by Crippen LogP contribution is -2.46. The number of hydrogen-bond donors (Lipinski definition) is 0. The van der Waals surface area contributed by atoms with Crippen LogP contribution in [0.5, 0.6) is 17.2 Å². The van der Waals surface area contributed by atoms with E-state index in [1.807, 2.05) is 41.3 Å². The van der Waals surface area contributed by atoms with E-state index in [-0.39, 0.29) is 5.78 Å². The first-order chi connectivity index (χ1) is 19.4. The first kappa shape index (κ1) is 27.3. The topological polar surface area (TPSA) is 98.1 Å². The fourth-order valence-corrected chi connectivity index (χ4v) is 6.49. The zero-order valence-corrected chi connectivity index (χ0v) is 24.0. The standard InChI is InChI=1S/C31H27BrN2O6/c1-37-23-12-10-20(15-21(23)32)29(35)28-27(19-9-13-24(38-2)25(16-19)39-3)31(17-33,30(36)40-4)26-14-11-18-7-5-6-8-22(18)34(26)28/h5-16,26-28H,1-4H3/t26-,27+,28-,31-/m1/s1. The van der Waals surface area contributed by atoms with Gasteiger partial charge in [0.1, 0.15) is 11.8 Å². The van der Waals surface area contributed by atoms with Crippen molar-refractivity contribution in [2.75, 3.05) is 33.3 Å². The van der Waals surface area contributed by atoms with Crippen LogP contribution in [0.25, 0.3) is 6.08 Å². The van der Waals surface area contributed by atoms with Gasteiger partial charge in [-0.15, -0.1) is 0 Å². The van der Waals surface area contributed by atoms with Crippen molar-refractivity contribution in [3.8, 4) is 23.3 Å². The number of ether oxygens (including phenoxy) is 4. The minimum absolute atomic E-state index is 0.265. The number of hydrogen-bond acceptors (Lipinski definition) is 8. The number of ketones is 1. The number of carbonyl (C=O) groups is 2. The number of esters is 1. The van der Waals surface area contributed by atoms with Crippen molar-refractivity contribution < 1.29 is 28.5 Å². The van der Waals surface area contributed by atoms with Gasteiger partial charge in [0.25, 0.3) is 0 Å². The summed E-state index contributed by atoms with van der Waals surface area (Å²) in [5.41, 5.74) is 0.815. The van der Waals surface area contributed by atoms with Gasteiger partial charge in [-0.1, -0.05) is 36.4 Å². The Bertz CT molecular complexity index is 1560. The van der Waals surface area contributed by atoms with Gasteiger partial charge in [-0.05, 0) is 63.5 Å². The lowest BCUT2D eigenvalue weighted by Gasteiger charge is -2.36. The summed E-state index contributed by atoms with van der Waals surface area (Å²) in [5.74, 6) is -0.451. The normalized spacial score (nSPS) is 22.5. The number of nitrogens with zero attached hydrogens (tertiary/aromatic N) is 2. The first-order valence-electron chi connectivity index (χ1n) is 12.5. The predicted molar refractivity (Wildman–Crippen MR) is 153 cm³/mol. The van der Waals surface area contributed by atoms with Crippen molar-refractivity contribution in [2.45, 2.75) is 18.0 Å². The van der Waals surface area contributed by atoms with Gasteiger partial charge in [-0.2, -0.15) is 5.26 Å². The largest absolute Gasteiger partial charge is 0.496 e. The minimum Gasteiger partial charge on any atom is -0.496 e. The average Bonchev–Trinajstić information content (AvgIpc) is 3.31. The molecule has 8 nitrogen and oxygen atoms in total. The molecule has 9 heteroatoms. The van der Waals surface area contributed by atoms with E-state index in [2.05, 4.69) is 22.0 Å². The van der Waals surface area contributed by atoms with E-state index in [0.29, 0.717) is 32.8 Å². The third-order valence-corrected chi connectivity index (χ3v) is 8.34. The monoisotopic (exact) mass is 602 g/mol. The highest BCUT2D eigenvalue weighted by Crippen LogP contribution is 2.57. The Hall–Kier alpha value is -4.29. The van der Waals surface area contributed by atoms with Crippen LogP contribution in [-0.4, -0.2) is 52.3 Å². The number of nitriles is 1. The van der Waals surface area contributed by atoms with Crippen LogP contribution in [0.2, 0.25) is 0 Å². The van der Waals surface area contributed by atoms with Crippen LogP contribution >= 0.6 is 15.9 Å². The molecule has 204 valence electrons. The van der Waals surface area contributed by atoms with Gasteiger partial charge < -0.3 is 23.8 Å². The van der Waals surface area contributed by atoms with Crippen LogP contribution in [0.4, 0.5) is 5.69 Å². The molecule has 0 spiro atoms. The molecular weight excluding hydrogens is 576 g/mol. The molecule has 0 saturated carbocycles. The van der Waals surface area contributed by atoms with Crippen LogP contribution < -0.4 is 19.1 Å². The molecule has 1 fully saturated rings. The highest BCUT2D eigenvalue weighted by molar-refractivity contribution is 9.10. The summed E-state index contributed by atoms with van der Waals surface area (Å²) in [6, 6.07) is 18.5. The number of carbonyl (C=O) groups excluding carboxylic acids is 2. The van der Waals surface area contributed by atoms with Crippen molar-refractivity contribution in [1.29, 1.82) is 5.26 Å². The highest BCUT2D eigenvalue weighted by atomic mass is 79.9. The molecule has 1 saturated heterocycles. The second-order valence-electron chi connectivity index (χ2n) is 9.49. The molecule has 0 aliphatic carbocycles. The highest BCUT2D eigenvalue weighted by Gasteiger charge is 2.67. The molecule has 0 radical (unpaired) electrons. The minimum atomic E-state index is -1.76. The van der Waals surface area contributed by atoms with Crippen molar-refractivity contribution in [3.63, 3.8) is 0 Å². The lowest BCUT2D eigenvalue weighted by molar-refractivity contribution is -0.150. The summed E-state index contributed by atoms with van der Waals surface area (Å²) >= 11 is 3.49. The van der Waals surface area contributed by atoms with Gasteiger partial charge >= 0.3 is 5.97 Å². The predicted octanol–water partition coefficient (Wildman–Crippen LogP) is 5.41. The number of anilines is 1. The summed E-state index contributed by atoms with van der Waals surface area (Å²) in [7, 11) is 5.84. The molecule has 2 aliphatic heterocycles. The number of Topliss-reactive ketones (excluding diaryl/α,β-unsaturated/α-hetero) is 1. The summed E-state index contributed by atoms with van der Waals surface area (Å²) in [6.07, 6.45) is 3.70. The number of halogens is 1. The zero-order valence-electron chi connectivity index (χ0n) is 22.4. The first-order valence-corrected chi connectivity index (χ1v) is 13.3. The fourth-order valence-electron chi connectivity index (χ4n) is 5.95. The molecule has 0 aromatic heterocycles. The molecule has 0 amide bonds. The van der Waals surface area contributed by atoms with Gasteiger partial charge in [0.05, 0.1) is 45.0 Å². The molecule has 2 aliphatic rings. The Morgan fingerprint density at radius 1 is 0.925 bits per heavy atom. The number of para-hydroxylation sites is 1. The Balaban J connectivity index is 1.81. The van der Waals surface area contributed by atoms with E-state index in [4.69, 9.17) is 18.9 Å². The maximum Gasteiger partial charge on any atom is 0.329 e. The number of methoxy groups -OCH3 is 4. The van der Waals surface area contributed by atoms with E-state index in [9.17, 15) is 14.9 Å². The Kier molecular flexibility index (Phi) is 7.30. The average molecular weight is 603 g/mol. The maximum atomic E-state index is 14.6. The summed E-state index contributed by atoms with van der Waals surface area (Å²) < 4.78 is 22.3. The molecule has 4 atom stereocenters. The van der Waals surface area contributed by atoms with Gasteiger partial charge in [-0.3, -0.25) is 9.59 Å². The number of benzene rings is 3. The summed E-state index contributed by atoms with van der Waals surface area (Å²) in [6.45, 7) is 0. The molecule has 0 unspecified atom stereocenters. The van der Waals surface area contributed by atoms with Crippen molar-refractivity contribution in [3.05, 3.63) is 87.9 Å². The van der Waals surface area contributed by atoms with E-state index < -0.39 is 29.4 Å². The van der Waals surface area contributed by atoms with E-state index in [1.165, 1.54) is 21.3 Å². The van der Waals surface area contributed by atoms with Crippen LogP contribution in [0.3, 0.4) is 0 Å². The van der Waals surface area contributed by atoms with Crippen LogP contribution in [-0.2, 0) is 9.53 Å². The Morgan fingerprint density at radius 2 is 1.62 bits per heavy atom. The Labute approximate surface area is 240 Å².